The number of anilines is 1. The van der Waals surface area contributed by atoms with Crippen LogP contribution in [0.4, 0.5) is 5.69 Å². The molecule has 0 bridgehead atoms. The van der Waals surface area contributed by atoms with E-state index >= 15 is 0 Å². The molecule has 0 saturated carbocycles. The normalized spacial score (nSPS) is 10.0. The van der Waals surface area contributed by atoms with Gasteiger partial charge in [0.05, 0.1) is 30.2 Å². The first kappa shape index (κ1) is 17.6. The van der Waals surface area contributed by atoms with E-state index in [4.69, 9.17) is 9.68 Å². The Balaban J connectivity index is 1.82. The van der Waals surface area contributed by atoms with Gasteiger partial charge in [0.15, 0.2) is 0 Å². The van der Waals surface area contributed by atoms with E-state index in [-0.39, 0.29) is 11.7 Å². The molecule has 0 aliphatic heterocycles. The van der Waals surface area contributed by atoms with Gasteiger partial charge in [0.2, 0.25) is 5.91 Å². The van der Waals surface area contributed by atoms with E-state index < -0.39 is 5.97 Å². The first-order valence-corrected chi connectivity index (χ1v) is 8.24. The van der Waals surface area contributed by atoms with Crippen molar-refractivity contribution in [3.05, 3.63) is 53.0 Å². The third-order valence-electron chi connectivity index (χ3n) is 3.15. The molecule has 0 aliphatic rings. The summed E-state index contributed by atoms with van der Waals surface area (Å²) >= 11 is 1.37. The van der Waals surface area contributed by atoms with Crippen molar-refractivity contribution in [1.82, 2.24) is 0 Å². The van der Waals surface area contributed by atoms with Gasteiger partial charge in [0, 0.05) is 5.69 Å². The van der Waals surface area contributed by atoms with Crippen LogP contribution >= 0.6 is 11.8 Å². The number of rotatable bonds is 6. The molecule has 1 heterocycles. The molecule has 0 spiro atoms. The molecule has 1 aromatic carbocycles. The zero-order valence-corrected chi connectivity index (χ0v) is 14.1. The van der Waals surface area contributed by atoms with Crippen LogP contribution in [0.15, 0.2) is 34.7 Å². The van der Waals surface area contributed by atoms with Crippen molar-refractivity contribution in [2.75, 3.05) is 18.2 Å². The van der Waals surface area contributed by atoms with Gasteiger partial charge in [-0.3, -0.25) is 4.79 Å². The molecule has 7 heteroatoms. The Morgan fingerprint density at radius 2 is 2.04 bits per heavy atom. The maximum atomic E-state index is 11.9. The minimum atomic E-state index is -0.439. The fourth-order valence-corrected chi connectivity index (χ4v) is 2.70. The molecule has 2 aromatic rings. The van der Waals surface area contributed by atoms with Crippen LogP contribution in [-0.4, -0.2) is 24.7 Å². The van der Waals surface area contributed by atoms with E-state index in [2.05, 4.69) is 10.1 Å². The number of ether oxygens (including phenoxy) is 1. The predicted octanol–water partition coefficient (Wildman–Crippen LogP) is 3.12. The van der Waals surface area contributed by atoms with Gasteiger partial charge in [-0.05, 0) is 37.3 Å². The highest BCUT2D eigenvalue weighted by Gasteiger charge is 2.15. The zero-order valence-electron chi connectivity index (χ0n) is 13.3. The molecule has 1 N–H and O–H groups in total. The Morgan fingerprint density at radius 3 is 2.67 bits per heavy atom. The Bertz CT molecular complexity index is 775. The van der Waals surface area contributed by atoms with Crippen LogP contribution in [0.25, 0.3) is 0 Å². The number of amides is 1. The number of nitrogens with one attached hydrogen (secondary N) is 1. The number of aryl methyl sites for hydroxylation is 1. The smallest absolute Gasteiger partial charge is 0.341 e. The average molecular weight is 344 g/mol. The molecule has 2 rings (SSSR count). The Hall–Kier alpha value is -2.72. The number of esters is 1. The summed E-state index contributed by atoms with van der Waals surface area (Å²) in [5, 5.41) is 11.5. The highest BCUT2D eigenvalue weighted by molar-refractivity contribution is 7.99. The molecule has 1 amide bonds. The van der Waals surface area contributed by atoms with Crippen molar-refractivity contribution >= 4 is 29.3 Å². The Kier molecular flexibility index (Phi) is 6.04. The van der Waals surface area contributed by atoms with Gasteiger partial charge in [-0.2, -0.15) is 5.26 Å². The molecule has 0 fully saturated rings. The number of thioether (sulfide) groups is 1. The van der Waals surface area contributed by atoms with Crippen LogP contribution in [0.3, 0.4) is 0 Å². The van der Waals surface area contributed by atoms with Crippen LogP contribution in [0, 0.1) is 18.3 Å². The molecule has 1 aromatic heterocycles. The average Bonchev–Trinajstić information content (AvgIpc) is 2.95. The summed E-state index contributed by atoms with van der Waals surface area (Å²) in [4.78, 5) is 23.4. The highest BCUT2D eigenvalue weighted by atomic mass is 32.2. The third-order valence-corrected chi connectivity index (χ3v) is 4.10. The predicted molar refractivity (Wildman–Crippen MR) is 90.7 cm³/mol. The van der Waals surface area contributed by atoms with Crippen molar-refractivity contribution < 1.29 is 18.7 Å². The van der Waals surface area contributed by atoms with E-state index in [1.807, 2.05) is 6.07 Å². The second-order valence-electron chi connectivity index (χ2n) is 4.90. The van der Waals surface area contributed by atoms with E-state index in [1.165, 1.54) is 18.9 Å². The van der Waals surface area contributed by atoms with Gasteiger partial charge in [-0.1, -0.05) is 0 Å². The number of hydrogen-bond donors (Lipinski definition) is 1. The SMILES string of the molecule is COC(=O)c1cc(CSCC(=O)Nc2ccc(C#N)cc2)oc1C. The van der Waals surface area contributed by atoms with Crippen molar-refractivity contribution in [1.29, 1.82) is 5.26 Å². The van der Waals surface area contributed by atoms with Gasteiger partial charge >= 0.3 is 5.97 Å². The maximum Gasteiger partial charge on any atom is 0.341 e. The topological polar surface area (TPSA) is 92.3 Å². The lowest BCUT2D eigenvalue weighted by atomic mass is 10.2. The number of methoxy groups -OCH3 is 1. The number of nitrogens with zero attached hydrogens (tertiary/aromatic N) is 1. The van der Waals surface area contributed by atoms with Crippen LogP contribution in [-0.2, 0) is 15.3 Å². The summed E-state index contributed by atoms with van der Waals surface area (Å²) in [6.07, 6.45) is 0. The number of carbonyl (C=O) groups excluding carboxylic acids is 2. The number of hydrogen-bond acceptors (Lipinski definition) is 6. The minimum Gasteiger partial charge on any atom is -0.465 e. The van der Waals surface area contributed by atoms with Gasteiger partial charge in [0.25, 0.3) is 0 Å². The van der Waals surface area contributed by atoms with Crippen molar-refractivity contribution in [3.63, 3.8) is 0 Å². The molecule has 0 unspecified atom stereocenters. The van der Waals surface area contributed by atoms with E-state index in [9.17, 15) is 9.59 Å². The van der Waals surface area contributed by atoms with Gasteiger partial charge in [-0.15, -0.1) is 11.8 Å². The Morgan fingerprint density at radius 1 is 1.33 bits per heavy atom. The quantitative estimate of drug-likeness (QED) is 0.810. The third kappa shape index (κ3) is 4.64. The Labute approximate surface area is 143 Å². The number of furan rings is 1. The molecule has 24 heavy (non-hydrogen) atoms. The lowest BCUT2D eigenvalue weighted by molar-refractivity contribution is -0.113. The van der Waals surface area contributed by atoms with Crippen LogP contribution in [0.1, 0.15) is 27.4 Å². The van der Waals surface area contributed by atoms with Crippen molar-refractivity contribution in [2.24, 2.45) is 0 Å². The lowest BCUT2D eigenvalue weighted by Crippen LogP contribution is -2.14. The van der Waals surface area contributed by atoms with Crippen LogP contribution < -0.4 is 5.32 Å². The van der Waals surface area contributed by atoms with Crippen molar-refractivity contribution in [2.45, 2.75) is 12.7 Å². The summed E-state index contributed by atoms with van der Waals surface area (Å²) in [7, 11) is 1.32. The number of benzene rings is 1. The standard InChI is InChI=1S/C17H16N2O4S/c1-11-15(17(21)22-2)7-14(23-11)9-24-10-16(20)19-13-5-3-12(8-18)4-6-13/h3-7H,9-10H2,1-2H3,(H,19,20). The molecular weight excluding hydrogens is 328 g/mol. The molecule has 0 aliphatic carbocycles. The maximum absolute atomic E-state index is 11.9. The summed E-state index contributed by atoms with van der Waals surface area (Å²) in [6, 6.07) is 10.3. The number of nitriles is 1. The summed E-state index contributed by atoms with van der Waals surface area (Å²) < 4.78 is 10.1. The molecule has 0 atom stereocenters. The van der Waals surface area contributed by atoms with E-state index in [1.54, 1.807) is 37.3 Å². The fraction of sp³-hybridized carbons (Fsp3) is 0.235. The molecule has 124 valence electrons. The largest absolute Gasteiger partial charge is 0.465 e. The first-order valence-electron chi connectivity index (χ1n) is 7.09. The molecule has 0 saturated heterocycles. The van der Waals surface area contributed by atoms with E-state index in [0.29, 0.717) is 34.1 Å². The summed E-state index contributed by atoms with van der Waals surface area (Å²) in [6.45, 7) is 1.69. The molecule has 0 radical (unpaired) electrons. The number of carbonyl (C=O) groups is 2. The lowest BCUT2D eigenvalue weighted by Gasteiger charge is -2.04. The second kappa shape index (κ2) is 8.22. The summed E-state index contributed by atoms with van der Waals surface area (Å²) in [5.41, 5.74) is 1.58. The van der Waals surface area contributed by atoms with Gasteiger partial charge in [-0.25, -0.2) is 4.79 Å². The second-order valence-corrected chi connectivity index (χ2v) is 5.89. The first-order chi connectivity index (χ1) is 11.5. The van der Waals surface area contributed by atoms with E-state index in [0.717, 1.165) is 0 Å². The highest BCUT2D eigenvalue weighted by Crippen LogP contribution is 2.20. The van der Waals surface area contributed by atoms with Gasteiger partial charge < -0.3 is 14.5 Å². The van der Waals surface area contributed by atoms with Crippen LogP contribution in [0.5, 0.6) is 0 Å². The van der Waals surface area contributed by atoms with Gasteiger partial charge in [0.1, 0.15) is 17.1 Å². The molecule has 6 nitrogen and oxygen atoms in total. The minimum absolute atomic E-state index is 0.152. The summed E-state index contributed by atoms with van der Waals surface area (Å²) in [5.74, 6) is 1.24. The monoisotopic (exact) mass is 344 g/mol. The van der Waals surface area contributed by atoms with Crippen LogP contribution in [0.2, 0.25) is 0 Å². The zero-order chi connectivity index (χ0) is 17.5. The fourth-order valence-electron chi connectivity index (χ4n) is 2.00. The van der Waals surface area contributed by atoms with Crippen molar-refractivity contribution in [3.8, 4) is 6.07 Å². The molecular formula is C17H16N2O4S.